The van der Waals surface area contributed by atoms with Crippen molar-refractivity contribution >= 4 is 52.1 Å². The second-order valence-corrected chi connectivity index (χ2v) is 11.0. The number of rotatable bonds is 6. The summed E-state index contributed by atoms with van der Waals surface area (Å²) in [5.74, 6) is 0.798. The Hall–Kier alpha value is -4.13. The molecule has 6 rings (SSSR count). The SMILES string of the molecule is [C-]#[N+]c1cnc2c(NC3CC3)nc(Nc3cc(C#N)cc(N4CCC5(CC4)CN(C(=O)[C@H](C)O)C5)c3Cl)nn12. The molecule has 3 N–H and O–H groups in total. The first-order valence-corrected chi connectivity index (χ1v) is 13.3. The number of benzene rings is 1. The lowest BCUT2D eigenvalue weighted by atomic mass is 9.71. The molecule has 1 aromatic carbocycles. The molecule has 0 bridgehead atoms. The van der Waals surface area contributed by atoms with Gasteiger partial charge < -0.3 is 30.4 Å². The molecule has 1 aliphatic carbocycles. The number of nitriles is 1. The maximum Gasteiger partial charge on any atom is 0.275 e. The number of amides is 1. The molecule has 2 aliphatic heterocycles. The zero-order chi connectivity index (χ0) is 27.3. The zero-order valence-corrected chi connectivity index (χ0v) is 22.1. The topological polar surface area (TPSA) is 139 Å². The highest BCUT2D eigenvalue weighted by atomic mass is 35.5. The van der Waals surface area contributed by atoms with Gasteiger partial charge in [0.05, 0.1) is 34.2 Å². The van der Waals surface area contributed by atoms with Crippen LogP contribution in [0.1, 0.15) is 38.2 Å². The van der Waals surface area contributed by atoms with E-state index in [1.807, 2.05) is 0 Å². The number of carbonyl (C=O) groups is 1. The maximum absolute atomic E-state index is 12.1. The van der Waals surface area contributed by atoms with Crippen molar-refractivity contribution in [1.82, 2.24) is 24.5 Å². The second kappa shape index (κ2) is 9.56. The number of halogens is 1. The Kier molecular flexibility index (Phi) is 6.17. The zero-order valence-electron chi connectivity index (χ0n) is 21.4. The summed E-state index contributed by atoms with van der Waals surface area (Å²) in [5, 5.41) is 30.8. The molecule has 39 heavy (non-hydrogen) atoms. The van der Waals surface area contributed by atoms with Gasteiger partial charge in [-0.3, -0.25) is 4.79 Å². The standard InChI is InChI=1S/C26H27ClN10O2/c1-15(38)24(39)36-13-26(14-36)5-7-35(8-6-26)19-10-16(11-28)9-18(21(19)27)32-25-33-22(31-17-3-4-17)23-30-12-20(29-2)37(23)34-25/h9-10,12,15,17,38H,3-8,13-14H2,1H3,(H2,31,32,33,34)/t15-/m0/s1. The van der Waals surface area contributed by atoms with Gasteiger partial charge in [-0.2, -0.15) is 10.2 Å². The van der Waals surface area contributed by atoms with Crippen LogP contribution >= 0.6 is 11.6 Å². The van der Waals surface area contributed by atoms with Crippen LogP contribution < -0.4 is 15.5 Å². The van der Waals surface area contributed by atoms with Crippen molar-refractivity contribution in [3.63, 3.8) is 0 Å². The van der Waals surface area contributed by atoms with Gasteiger partial charge in [0, 0.05) is 37.6 Å². The highest BCUT2D eigenvalue weighted by Crippen LogP contribution is 2.44. The molecule has 200 valence electrons. The van der Waals surface area contributed by atoms with E-state index < -0.39 is 6.10 Å². The van der Waals surface area contributed by atoms with Crippen LogP contribution in [0.5, 0.6) is 0 Å². The Labute approximate surface area is 230 Å². The number of piperidine rings is 1. The lowest BCUT2D eigenvalue weighted by molar-refractivity contribution is -0.153. The van der Waals surface area contributed by atoms with Crippen molar-refractivity contribution in [1.29, 1.82) is 5.26 Å². The number of anilines is 4. The number of imidazole rings is 1. The van der Waals surface area contributed by atoms with E-state index in [2.05, 4.69) is 41.5 Å². The quantitative estimate of drug-likeness (QED) is 0.397. The van der Waals surface area contributed by atoms with Crippen LogP contribution in [0.4, 0.5) is 29.0 Å². The highest BCUT2D eigenvalue weighted by Gasteiger charge is 2.47. The maximum atomic E-state index is 12.1. The summed E-state index contributed by atoms with van der Waals surface area (Å²) in [6, 6.07) is 5.98. The van der Waals surface area contributed by atoms with Crippen molar-refractivity contribution in [2.75, 3.05) is 41.7 Å². The molecule has 1 spiro atoms. The van der Waals surface area contributed by atoms with E-state index >= 15 is 0 Å². The Morgan fingerprint density at radius 2 is 2.08 bits per heavy atom. The number of aliphatic hydroxyl groups excluding tert-OH is 1. The summed E-state index contributed by atoms with van der Waals surface area (Å²) in [4.78, 5) is 28.4. The fraction of sp³-hybridized carbons (Fsp3) is 0.462. The average molecular weight is 547 g/mol. The van der Waals surface area contributed by atoms with Crippen LogP contribution in [0.3, 0.4) is 0 Å². The lowest BCUT2D eigenvalue weighted by Gasteiger charge is -2.54. The number of likely N-dealkylation sites (tertiary alicyclic amines) is 1. The van der Waals surface area contributed by atoms with Crippen LogP contribution in [0.15, 0.2) is 18.3 Å². The van der Waals surface area contributed by atoms with Crippen LogP contribution in [0.25, 0.3) is 10.5 Å². The van der Waals surface area contributed by atoms with Crippen molar-refractivity contribution in [2.45, 2.75) is 44.8 Å². The number of nitrogens with one attached hydrogen (secondary N) is 2. The third-order valence-electron chi connectivity index (χ3n) is 7.69. The fourth-order valence-corrected chi connectivity index (χ4v) is 5.63. The fourth-order valence-electron chi connectivity index (χ4n) is 5.35. The van der Waals surface area contributed by atoms with E-state index in [0.29, 0.717) is 46.9 Å². The third kappa shape index (κ3) is 4.67. The van der Waals surface area contributed by atoms with E-state index in [-0.39, 0.29) is 23.1 Å². The van der Waals surface area contributed by atoms with E-state index in [9.17, 15) is 15.2 Å². The molecular weight excluding hydrogens is 520 g/mol. The Morgan fingerprint density at radius 3 is 2.72 bits per heavy atom. The molecule has 3 aromatic rings. The van der Waals surface area contributed by atoms with E-state index in [0.717, 1.165) is 44.5 Å². The summed E-state index contributed by atoms with van der Waals surface area (Å²) < 4.78 is 1.45. The van der Waals surface area contributed by atoms with E-state index in [4.69, 9.17) is 18.2 Å². The smallest absolute Gasteiger partial charge is 0.275 e. The van der Waals surface area contributed by atoms with Gasteiger partial charge in [0.25, 0.3) is 23.3 Å². The largest absolute Gasteiger partial charge is 0.384 e. The van der Waals surface area contributed by atoms with Crippen LogP contribution in [-0.2, 0) is 4.79 Å². The van der Waals surface area contributed by atoms with Crippen LogP contribution in [0, 0.1) is 23.3 Å². The molecule has 1 saturated carbocycles. The summed E-state index contributed by atoms with van der Waals surface area (Å²) in [6.07, 6.45) is 4.32. The predicted molar refractivity (Wildman–Crippen MR) is 145 cm³/mol. The number of aliphatic hydroxyl groups is 1. The molecule has 0 radical (unpaired) electrons. The van der Waals surface area contributed by atoms with Crippen molar-refractivity contribution < 1.29 is 9.90 Å². The van der Waals surface area contributed by atoms with E-state index in [1.165, 1.54) is 17.6 Å². The summed E-state index contributed by atoms with van der Waals surface area (Å²) in [7, 11) is 0. The number of fused-ring (bicyclic) bond motifs is 1. The van der Waals surface area contributed by atoms with Crippen molar-refractivity contribution in [3.05, 3.63) is 40.3 Å². The first-order valence-electron chi connectivity index (χ1n) is 12.9. The van der Waals surface area contributed by atoms with Gasteiger partial charge in [0.1, 0.15) is 6.10 Å². The second-order valence-electron chi connectivity index (χ2n) is 10.6. The van der Waals surface area contributed by atoms with Gasteiger partial charge in [-0.15, -0.1) is 4.52 Å². The van der Waals surface area contributed by atoms with Crippen LogP contribution in [0.2, 0.25) is 5.02 Å². The molecule has 1 amide bonds. The monoisotopic (exact) mass is 546 g/mol. The Balaban J connectivity index is 1.24. The van der Waals surface area contributed by atoms with Crippen molar-refractivity contribution in [2.24, 2.45) is 5.41 Å². The molecule has 1 atom stereocenters. The Bertz CT molecular complexity index is 1530. The molecule has 2 aromatic heterocycles. The highest BCUT2D eigenvalue weighted by molar-refractivity contribution is 6.36. The summed E-state index contributed by atoms with van der Waals surface area (Å²) >= 11 is 6.90. The minimum absolute atomic E-state index is 0.0566. The van der Waals surface area contributed by atoms with Gasteiger partial charge in [-0.25, -0.2) is 4.98 Å². The number of hydrogen-bond donors (Lipinski definition) is 3. The molecule has 2 saturated heterocycles. The van der Waals surface area contributed by atoms with Gasteiger partial charge in [0.15, 0.2) is 5.82 Å². The predicted octanol–water partition coefficient (Wildman–Crippen LogP) is 3.33. The number of hydrogen-bond acceptors (Lipinski definition) is 9. The summed E-state index contributed by atoms with van der Waals surface area (Å²) in [6.45, 7) is 11.7. The number of nitrogens with zero attached hydrogens (tertiary/aromatic N) is 8. The number of carbonyl (C=O) groups excluding carboxylic acids is 1. The first-order chi connectivity index (χ1) is 18.8. The number of aromatic nitrogens is 4. The molecule has 12 nitrogen and oxygen atoms in total. The minimum Gasteiger partial charge on any atom is -0.384 e. The van der Waals surface area contributed by atoms with Gasteiger partial charge in [0.2, 0.25) is 0 Å². The van der Waals surface area contributed by atoms with Crippen LogP contribution in [-0.4, -0.2) is 73.8 Å². The normalized spacial score (nSPS) is 18.8. The minimum atomic E-state index is -0.979. The lowest BCUT2D eigenvalue weighted by Crippen LogP contribution is -2.63. The molecule has 4 heterocycles. The van der Waals surface area contributed by atoms with Gasteiger partial charge in [-0.05, 0) is 44.7 Å². The summed E-state index contributed by atoms with van der Waals surface area (Å²) in [5.41, 5.74) is 2.20. The molecule has 13 heteroatoms. The molecule has 0 unspecified atom stereocenters. The van der Waals surface area contributed by atoms with Gasteiger partial charge >= 0.3 is 0 Å². The van der Waals surface area contributed by atoms with Crippen molar-refractivity contribution in [3.8, 4) is 6.07 Å². The molecule has 3 aliphatic rings. The molecular formula is C26H27ClN10O2. The third-order valence-corrected chi connectivity index (χ3v) is 8.09. The Morgan fingerprint density at radius 1 is 1.33 bits per heavy atom. The van der Waals surface area contributed by atoms with Gasteiger partial charge in [-0.1, -0.05) is 23.3 Å². The van der Waals surface area contributed by atoms with E-state index in [1.54, 1.807) is 17.0 Å². The molecule has 3 fully saturated rings. The average Bonchev–Trinajstić information content (AvgIpc) is 3.63. The first kappa shape index (κ1) is 25.2.